The maximum Gasteiger partial charge on any atom is 0.327 e. The van der Waals surface area contributed by atoms with E-state index < -0.39 is 175 Å². The van der Waals surface area contributed by atoms with Crippen LogP contribution in [0.4, 0.5) is 0 Å². The molecule has 1 aliphatic carbocycles. The topological polar surface area (TPSA) is 537 Å². The molecule has 7 rings (SSSR count). The van der Waals surface area contributed by atoms with E-state index in [1.54, 1.807) is 30.5 Å². The van der Waals surface area contributed by atoms with Gasteiger partial charge in [-0.25, -0.2) is 4.79 Å². The standard InChI is InChI=1S/C71H84N12O21S3/c1-34(84)59(81-67(98)51(32-105)79-61(92)43-8-5-4-7-42(43)58-44-20-18-40(88)29-54(44)104-55-30-41(89)19-21-45(55)58)69(100)82-60(35(2)85)70(101)83-25-6-9-53(83)68(99)78-50(31-57(73)91)66(97)77-48(27-36-10-14-38(86)15-11-36)64(95)74-46(22-23-56(72)90)62(93)75-47(24-26-107-3)63(94)76-49(28-37-12-16-39(87)17-13-37)65(96)80-52(33-106)71(102)103/h4-5,7-8,10-21,29-30,34-35,46-53,59-60,84-88,105-106H,6,9,22-28,31-33H2,1-3H3,(H2,72,90)(H2,73,91)(H,74,95)(H,75,93)(H,76,94)(H,77,97)(H,78,99)(H,79,92)(H,80,96)(H,81,98)(H,82,100)(H,102,103)/t34-,35-,46+,47+,48+,49+,50+,51+,52+,53+,59+,60+/m1/s1. The number of nitrogens with two attached hydrogens (primary N) is 2. The van der Waals surface area contributed by atoms with E-state index in [0.29, 0.717) is 27.6 Å². The molecule has 19 N–H and O–H groups in total. The van der Waals surface area contributed by atoms with E-state index in [1.165, 1.54) is 96.7 Å². The quantitative estimate of drug-likeness (QED) is 0.0160. The van der Waals surface area contributed by atoms with Crippen LogP contribution in [0.3, 0.4) is 0 Å². The molecule has 3 aliphatic rings. The predicted molar refractivity (Wildman–Crippen MR) is 395 cm³/mol. The summed E-state index contributed by atoms with van der Waals surface area (Å²) in [5.41, 5.74) is 12.8. The zero-order chi connectivity index (χ0) is 78.5. The number of aliphatic hydroxyl groups excluding tert-OH is 2. The number of carbonyl (C=O) groups excluding carboxylic acids is 12. The van der Waals surface area contributed by atoms with Crippen molar-refractivity contribution in [1.29, 1.82) is 0 Å². The average molecular weight is 1540 g/mol. The zero-order valence-electron chi connectivity index (χ0n) is 58.0. The second kappa shape index (κ2) is 38.9. The molecule has 0 bridgehead atoms. The fourth-order valence-electron chi connectivity index (χ4n) is 11.7. The summed E-state index contributed by atoms with van der Waals surface area (Å²) < 4.78 is 5.97. The number of nitrogens with one attached hydrogen (secondary N) is 9. The minimum atomic E-state index is -1.92. The number of carbonyl (C=O) groups is 13. The van der Waals surface area contributed by atoms with Gasteiger partial charge in [-0.3, -0.25) is 62.3 Å². The molecular formula is C71H84N12O21S3. The Labute approximate surface area is 627 Å². The van der Waals surface area contributed by atoms with Gasteiger partial charge in [-0.05, 0) is 123 Å². The first kappa shape index (κ1) is 83.3. The van der Waals surface area contributed by atoms with Crippen molar-refractivity contribution >= 4 is 125 Å². The number of amides is 12. The van der Waals surface area contributed by atoms with Crippen LogP contribution in [0.25, 0.3) is 33.4 Å². The highest BCUT2D eigenvalue weighted by atomic mass is 32.2. The molecule has 2 aliphatic heterocycles. The number of thiol groups is 2. The fraction of sp³-hybridized carbons (Fsp3) is 0.380. The van der Waals surface area contributed by atoms with Crippen molar-refractivity contribution in [2.24, 2.45) is 11.5 Å². The third-order valence-corrected chi connectivity index (χ3v) is 18.7. The SMILES string of the molecule is CSCC[C@H](NC(=O)[C@H](CCC(N)=O)NC(=O)[C@H](Cc1ccc(O)cc1)NC(=O)[C@H](CC(N)=O)NC(=O)[C@@H]1CCCN1C(=O)[C@@H](NC(=O)[C@@H](NC(=O)[C@H](CS)NC(=O)c1ccccc1-c1c2ccc(=O)cc-2oc2cc(O)ccc12)[C@@H](C)O)[C@@H](C)O)C(=O)N[C@@H](Cc1ccc(O)cc1)C(=O)N[C@@H](CS)C(=O)O. The number of aromatic hydroxyl groups is 3. The van der Waals surface area contributed by atoms with Gasteiger partial charge >= 0.3 is 5.97 Å². The van der Waals surface area contributed by atoms with Crippen molar-refractivity contribution < 1.29 is 97.4 Å². The normalized spacial score (nSPS) is 15.7. The minimum absolute atomic E-state index is 0.0299. The molecule has 0 aromatic heterocycles. The summed E-state index contributed by atoms with van der Waals surface area (Å²) >= 11 is 9.55. The van der Waals surface area contributed by atoms with Gasteiger partial charge in [0.25, 0.3) is 5.91 Å². The van der Waals surface area contributed by atoms with Crippen molar-refractivity contribution in [1.82, 2.24) is 52.8 Å². The molecule has 2 heterocycles. The third kappa shape index (κ3) is 23.0. The number of thioether (sulfide) groups is 1. The first-order valence-electron chi connectivity index (χ1n) is 33.6. The minimum Gasteiger partial charge on any atom is -0.508 e. The number of phenols is 3. The Bertz CT molecular complexity index is 4300. The van der Waals surface area contributed by atoms with Crippen LogP contribution in [0.2, 0.25) is 0 Å². The number of carboxylic acid groups (broad SMARTS) is 1. The van der Waals surface area contributed by atoms with Crippen molar-refractivity contribution in [3.05, 3.63) is 136 Å². The molecular weight excluding hydrogens is 1450 g/mol. The molecule has 12 amide bonds. The predicted octanol–water partition coefficient (Wildman–Crippen LogP) is -1.27. The molecule has 0 spiro atoms. The maximum atomic E-state index is 14.7. The number of nitrogens with zero attached hydrogens (tertiary/aromatic N) is 1. The highest BCUT2D eigenvalue weighted by Gasteiger charge is 2.43. The van der Waals surface area contributed by atoms with Gasteiger partial charge in [0.1, 0.15) is 89.0 Å². The second-order valence-electron chi connectivity index (χ2n) is 25.3. The van der Waals surface area contributed by atoms with Gasteiger partial charge in [0.05, 0.1) is 18.6 Å². The fourth-order valence-corrected chi connectivity index (χ4v) is 12.7. The number of hydrogen-bond acceptors (Lipinski definition) is 23. The third-order valence-electron chi connectivity index (χ3n) is 17.3. The van der Waals surface area contributed by atoms with Crippen LogP contribution in [-0.2, 0) is 70.4 Å². The van der Waals surface area contributed by atoms with E-state index >= 15 is 0 Å². The number of primary amides is 2. The van der Waals surface area contributed by atoms with Gasteiger partial charge in [0.15, 0.2) is 5.43 Å². The van der Waals surface area contributed by atoms with Gasteiger partial charge in [-0.15, -0.1) is 0 Å². The van der Waals surface area contributed by atoms with Crippen LogP contribution in [-0.4, -0.2) is 215 Å². The molecule has 572 valence electrons. The van der Waals surface area contributed by atoms with Crippen molar-refractivity contribution in [3.63, 3.8) is 0 Å². The molecule has 12 atom stereocenters. The van der Waals surface area contributed by atoms with Crippen molar-refractivity contribution in [3.8, 4) is 39.7 Å². The highest BCUT2D eigenvalue weighted by Crippen LogP contribution is 2.42. The van der Waals surface area contributed by atoms with Gasteiger partial charge in [0, 0.05) is 71.5 Å². The number of hydrogen-bond donors (Lipinski definition) is 19. The molecule has 0 radical (unpaired) electrons. The highest BCUT2D eigenvalue weighted by molar-refractivity contribution is 7.98. The van der Waals surface area contributed by atoms with E-state index in [2.05, 4.69) is 73.1 Å². The Morgan fingerprint density at radius 1 is 0.561 bits per heavy atom. The van der Waals surface area contributed by atoms with Crippen LogP contribution in [0.5, 0.6) is 17.2 Å². The number of benzene rings is 5. The number of fused-ring (bicyclic) bond motifs is 2. The number of phenolic OH excluding ortho intramolecular Hbond substituents is 3. The molecule has 33 nitrogen and oxygen atoms in total. The van der Waals surface area contributed by atoms with Crippen LogP contribution in [0.1, 0.15) is 73.9 Å². The van der Waals surface area contributed by atoms with Gasteiger partial charge in [-0.1, -0.05) is 42.5 Å². The largest absolute Gasteiger partial charge is 0.508 e. The smallest absolute Gasteiger partial charge is 0.327 e. The molecule has 0 unspecified atom stereocenters. The van der Waals surface area contributed by atoms with Crippen molar-refractivity contribution in [2.45, 2.75) is 138 Å². The van der Waals surface area contributed by atoms with E-state index in [9.17, 15) is 97.8 Å². The summed E-state index contributed by atoms with van der Waals surface area (Å²) in [6.45, 7) is 2.06. The molecule has 1 fully saturated rings. The van der Waals surface area contributed by atoms with E-state index in [0.717, 1.165) is 18.7 Å². The molecule has 0 saturated carbocycles. The molecule has 4 aromatic carbocycles. The summed E-state index contributed by atoms with van der Waals surface area (Å²) in [6, 6.07) is 8.86. The van der Waals surface area contributed by atoms with Gasteiger partial charge < -0.3 is 99.3 Å². The lowest BCUT2D eigenvalue weighted by Gasteiger charge is -2.32. The average Bonchev–Trinajstić information content (AvgIpc) is 1.23. The lowest BCUT2D eigenvalue weighted by atomic mass is 9.90. The van der Waals surface area contributed by atoms with Crippen LogP contribution in [0.15, 0.2) is 118 Å². The Balaban J connectivity index is 1.06. The first-order valence-corrected chi connectivity index (χ1v) is 36.2. The second-order valence-corrected chi connectivity index (χ2v) is 27.0. The summed E-state index contributed by atoms with van der Waals surface area (Å²) in [4.78, 5) is 193. The van der Waals surface area contributed by atoms with Crippen LogP contribution in [0, 0.1) is 0 Å². The monoisotopic (exact) mass is 1540 g/mol. The molecule has 107 heavy (non-hydrogen) atoms. The van der Waals surface area contributed by atoms with Crippen LogP contribution >= 0.6 is 37.0 Å². The lowest BCUT2D eigenvalue weighted by Crippen LogP contribution is -2.63. The molecule has 1 saturated heterocycles. The van der Waals surface area contributed by atoms with Gasteiger partial charge in [0.2, 0.25) is 65.0 Å². The van der Waals surface area contributed by atoms with E-state index in [4.69, 9.17) is 15.9 Å². The Morgan fingerprint density at radius 2 is 1.07 bits per heavy atom. The zero-order valence-corrected chi connectivity index (χ0v) is 60.6. The summed E-state index contributed by atoms with van der Waals surface area (Å²) in [5, 5.41) is 84.5. The van der Waals surface area contributed by atoms with E-state index in [1.807, 2.05) is 0 Å². The summed E-state index contributed by atoms with van der Waals surface area (Å²) in [7, 11) is 0. The Morgan fingerprint density at radius 3 is 1.62 bits per heavy atom. The first-order chi connectivity index (χ1) is 50.8. The molecule has 4 aromatic rings. The Kier molecular flexibility index (Phi) is 30.3. The summed E-state index contributed by atoms with van der Waals surface area (Å²) in [5.74, 6) is -14.8. The number of carboxylic acids is 1. The number of aliphatic hydroxyl groups is 2. The Hall–Kier alpha value is -11.0. The van der Waals surface area contributed by atoms with Gasteiger partial charge in [-0.2, -0.15) is 37.0 Å². The lowest BCUT2D eigenvalue weighted by molar-refractivity contribution is -0.145. The maximum absolute atomic E-state index is 14.7. The molecule has 36 heteroatoms. The number of aliphatic carboxylic acids is 1. The summed E-state index contributed by atoms with van der Waals surface area (Å²) in [6.07, 6.45) is -4.48. The number of likely N-dealkylation sites (tertiary alicyclic amines) is 1. The van der Waals surface area contributed by atoms with Crippen molar-refractivity contribution in [2.75, 3.05) is 30.1 Å². The van der Waals surface area contributed by atoms with E-state index in [-0.39, 0.29) is 94.6 Å². The number of rotatable bonds is 37. The van der Waals surface area contributed by atoms with Crippen LogP contribution < -0.4 is 64.7 Å².